The fourth-order valence-electron chi connectivity index (χ4n) is 2.46. The monoisotopic (exact) mass is 262 g/mol. The van der Waals surface area contributed by atoms with Crippen molar-refractivity contribution in [1.29, 1.82) is 0 Å². The smallest absolute Gasteiger partial charge is 0.354 e. The number of carboxylic acids is 1. The molecule has 1 aromatic heterocycles. The van der Waals surface area contributed by atoms with Crippen LogP contribution in [0.1, 0.15) is 49.0 Å². The number of nitrogens with one attached hydrogen (secondary N) is 1. The first kappa shape index (κ1) is 13.5. The SMILES string of the molecule is O=C(CCC1CCCC1)Nc1cccc(C(=O)O)n1. The molecule has 2 N–H and O–H groups in total. The highest BCUT2D eigenvalue weighted by molar-refractivity contribution is 5.91. The molecule has 0 bridgehead atoms. The molecule has 5 nitrogen and oxygen atoms in total. The van der Waals surface area contributed by atoms with Crippen LogP contribution in [0.5, 0.6) is 0 Å². The summed E-state index contributed by atoms with van der Waals surface area (Å²) in [6.07, 6.45) is 6.37. The molecule has 1 aliphatic carbocycles. The minimum Gasteiger partial charge on any atom is -0.477 e. The summed E-state index contributed by atoms with van der Waals surface area (Å²) in [6.45, 7) is 0. The summed E-state index contributed by atoms with van der Waals surface area (Å²) in [5, 5.41) is 11.5. The van der Waals surface area contributed by atoms with Crippen LogP contribution in [-0.2, 0) is 4.79 Å². The Morgan fingerprint density at radius 3 is 2.74 bits per heavy atom. The largest absolute Gasteiger partial charge is 0.477 e. The zero-order valence-corrected chi connectivity index (χ0v) is 10.8. The number of aromatic nitrogens is 1. The van der Waals surface area contributed by atoms with E-state index in [1.807, 2.05) is 0 Å². The van der Waals surface area contributed by atoms with Crippen molar-refractivity contribution in [3.8, 4) is 0 Å². The normalized spacial score (nSPS) is 15.4. The van der Waals surface area contributed by atoms with Gasteiger partial charge in [0, 0.05) is 6.42 Å². The van der Waals surface area contributed by atoms with Crippen LogP contribution in [0.2, 0.25) is 0 Å². The van der Waals surface area contributed by atoms with E-state index in [0.717, 1.165) is 6.42 Å². The lowest BCUT2D eigenvalue weighted by atomic mass is 10.0. The number of amides is 1. The van der Waals surface area contributed by atoms with Crippen molar-refractivity contribution in [2.75, 3.05) is 5.32 Å². The lowest BCUT2D eigenvalue weighted by Gasteiger charge is -2.08. The van der Waals surface area contributed by atoms with Crippen LogP contribution in [-0.4, -0.2) is 22.0 Å². The second kappa shape index (κ2) is 6.31. The Hall–Kier alpha value is -1.91. The third-order valence-electron chi connectivity index (χ3n) is 3.49. The Kier molecular flexibility index (Phi) is 4.49. The van der Waals surface area contributed by atoms with Crippen LogP contribution in [0.4, 0.5) is 5.82 Å². The van der Waals surface area contributed by atoms with E-state index in [4.69, 9.17) is 5.11 Å². The van der Waals surface area contributed by atoms with E-state index in [1.165, 1.54) is 31.7 Å². The van der Waals surface area contributed by atoms with Gasteiger partial charge in [0.25, 0.3) is 0 Å². The Morgan fingerprint density at radius 1 is 1.32 bits per heavy atom. The summed E-state index contributed by atoms with van der Waals surface area (Å²) in [7, 11) is 0. The molecule has 1 amide bonds. The predicted molar refractivity (Wildman–Crippen MR) is 71.0 cm³/mol. The Morgan fingerprint density at radius 2 is 2.05 bits per heavy atom. The molecule has 5 heteroatoms. The van der Waals surface area contributed by atoms with Gasteiger partial charge in [-0.15, -0.1) is 0 Å². The zero-order valence-electron chi connectivity index (χ0n) is 10.8. The molecule has 0 aliphatic heterocycles. The quantitative estimate of drug-likeness (QED) is 0.855. The average Bonchev–Trinajstić information content (AvgIpc) is 2.90. The number of pyridine rings is 1. The lowest BCUT2D eigenvalue weighted by Crippen LogP contribution is -2.14. The van der Waals surface area contributed by atoms with E-state index in [-0.39, 0.29) is 11.6 Å². The van der Waals surface area contributed by atoms with E-state index < -0.39 is 5.97 Å². The highest BCUT2D eigenvalue weighted by atomic mass is 16.4. The second-order valence-corrected chi connectivity index (χ2v) is 4.95. The molecule has 19 heavy (non-hydrogen) atoms. The maximum atomic E-state index is 11.8. The third-order valence-corrected chi connectivity index (χ3v) is 3.49. The van der Waals surface area contributed by atoms with Gasteiger partial charge in [0.2, 0.25) is 5.91 Å². The van der Waals surface area contributed by atoms with E-state index in [2.05, 4.69) is 10.3 Å². The van der Waals surface area contributed by atoms with Gasteiger partial charge in [-0.05, 0) is 24.5 Å². The molecule has 1 saturated carbocycles. The van der Waals surface area contributed by atoms with Gasteiger partial charge in [0.15, 0.2) is 5.69 Å². The predicted octanol–water partition coefficient (Wildman–Crippen LogP) is 2.69. The van der Waals surface area contributed by atoms with Crippen molar-refractivity contribution in [2.24, 2.45) is 5.92 Å². The number of nitrogens with zero attached hydrogens (tertiary/aromatic N) is 1. The fourth-order valence-corrected chi connectivity index (χ4v) is 2.46. The van der Waals surface area contributed by atoms with E-state index in [9.17, 15) is 9.59 Å². The van der Waals surface area contributed by atoms with Crippen molar-refractivity contribution in [1.82, 2.24) is 4.98 Å². The summed E-state index contributed by atoms with van der Waals surface area (Å²) >= 11 is 0. The van der Waals surface area contributed by atoms with Gasteiger partial charge in [-0.1, -0.05) is 31.7 Å². The van der Waals surface area contributed by atoms with Crippen LogP contribution in [0, 0.1) is 5.92 Å². The van der Waals surface area contributed by atoms with Gasteiger partial charge in [-0.2, -0.15) is 0 Å². The van der Waals surface area contributed by atoms with E-state index in [1.54, 1.807) is 12.1 Å². The summed E-state index contributed by atoms with van der Waals surface area (Å²) in [5.41, 5.74) is -0.0615. The van der Waals surface area contributed by atoms with Crippen LogP contribution in [0.25, 0.3) is 0 Å². The van der Waals surface area contributed by atoms with Crippen LogP contribution < -0.4 is 5.32 Å². The highest BCUT2D eigenvalue weighted by Gasteiger charge is 2.16. The Bertz CT molecular complexity index is 468. The van der Waals surface area contributed by atoms with Crippen molar-refractivity contribution in [3.63, 3.8) is 0 Å². The molecule has 1 aliphatic rings. The number of hydrogen-bond donors (Lipinski definition) is 2. The summed E-state index contributed by atoms with van der Waals surface area (Å²) in [4.78, 5) is 26.4. The number of carbonyl (C=O) groups excluding carboxylic acids is 1. The maximum Gasteiger partial charge on any atom is 0.354 e. The molecule has 0 saturated heterocycles. The molecule has 1 aromatic rings. The molecule has 0 spiro atoms. The molecule has 2 rings (SSSR count). The average molecular weight is 262 g/mol. The standard InChI is InChI=1S/C14H18N2O3/c17-13(9-8-10-4-1-2-5-10)16-12-7-3-6-11(15-12)14(18)19/h3,6-7,10H,1-2,4-5,8-9H2,(H,18,19)(H,15,16,17). The van der Waals surface area contributed by atoms with Crippen molar-refractivity contribution in [3.05, 3.63) is 23.9 Å². The third kappa shape index (κ3) is 4.05. The van der Waals surface area contributed by atoms with Crippen molar-refractivity contribution in [2.45, 2.75) is 38.5 Å². The molecule has 1 fully saturated rings. The molecular weight excluding hydrogens is 244 g/mol. The van der Waals surface area contributed by atoms with Crippen molar-refractivity contribution < 1.29 is 14.7 Å². The molecule has 0 unspecified atom stereocenters. The Balaban J connectivity index is 1.84. The van der Waals surface area contributed by atoms with Gasteiger partial charge in [-0.25, -0.2) is 9.78 Å². The number of hydrogen-bond acceptors (Lipinski definition) is 3. The summed E-state index contributed by atoms with van der Waals surface area (Å²) < 4.78 is 0. The zero-order chi connectivity index (χ0) is 13.7. The second-order valence-electron chi connectivity index (χ2n) is 4.95. The first-order valence-electron chi connectivity index (χ1n) is 6.65. The number of carboxylic acid groups (broad SMARTS) is 1. The maximum absolute atomic E-state index is 11.8. The van der Waals surface area contributed by atoms with Crippen LogP contribution in [0.3, 0.4) is 0 Å². The Labute approximate surface area is 112 Å². The fraction of sp³-hybridized carbons (Fsp3) is 0.500. The summed E-state index contributed by atoms with van der Waals surface area (Å²) in [5.74, 6) is -0.218. The molecule has 0 aromatic carbocycles. The molecule has 102 valence electrons. The molecule has 0 radical (unpaired) electrons. The highest BCUT2D eigenvalue weighted by Crippen LogP contribution is 2.28. The first-order chi connectivity index (χ1) is 9.15. The number of rotatable bonds is 5. The van der Waals surface area contributed by atoms with Gasteiger partial charge in [0.05, 0.1) is 0 Å². The van der Waals surface area contributed by atoms with Gasteiger partial charge in [-0.3, -0.25) is 4.79 Å². The van der Waals surface area contributed by atoms with Crippen LogP contribution >= 0.6 is 0 Å². The van der Waals surface area contributed by atoms with E-state index in [0.29, 0.717) is 18.2 Å². The van der Waals surface area contributed by atoms with E-state index >= 15 is 0 Å². The molecule has 1 heterocycles. The minimum absolute atomic E-state index is 0.0615. The summed E-state index contributed by atoms with van der Waals surface area (Å²) in [6, 6.07) is 4.57. The lowest BCUT2D eigenvalue weighted by molar-refractivity contribution is -0.116. The number of carbonyl (C=O) groups is 2. The first-order valence-corrected chi connectivity index (χ1v) is 6.65. The van der Waals surface area contributed by atoms with Crippen LogP contribution in [0.15, 0.2) is 18.2 Å². The number of anilines is 1. The topological polar surface area (TPSA) is 79.3 Å². The van der Waals surface area contributed by atoms with Gasteiger partial charge < -0.3 is 10.4 Å². The molecule has 0 atom stereocenters. The molecular formula is C14H18N2O3. The van der Waals surface area contributed by atoms with Crippen molar-refractivity contribution >= 4 is 17.7 Å². The minimum atomic E-state index is -1.10. The van der Waals surface area contributed by atoms with Gasteiger partial charge in [0.1, 0.15) is 5.82 Å². The van der Waals surface area contributed by atoms with Gasteiger partial charge >= 0.3 is 5.97 Å². The number of aromatic carboxylic acids is 1.